The number of allylic oxidation sites excluding steroid dienone is 2. The molecule has 31 heavy (non-hydrogen) atoms. The molecule has 3 atom stereocenters. The number of aryl methyl sites for hydroxylation is 1. The van der Waals surface area contributed by atoms with E-state index in [1.165, 1.54) is 0 Å². The Morgan fingerprint density at radius 1 is 1.19 bits per heavy atom. The van der Waals surface area contributed by atoms with Crippen molar-refractivity contribution in [2.24, 2.45) is 5.92 Å². The van der Waals surface area contributed by atoms with Crippen molar-refractivity contribution >= 4 is 21.8 Å². The first-order chi connectivity index (χ1) is 14.9. The summed E-state index contributed by atoms with van der Waals surface area (Å²) < 4.78 is 2.85. The van der Waals surface area contributed by atoms with Crippen LogP contribution in [0.25, 0.3) is 0 Å². The second-order valence-electron chi connectivity index (χ2n) is 8.03. The van der Waals surface area contributed by atoms with E-state index in [2.05, 4.69) is 33.2 Å². The number of halogens is 1. The zero-order chi connectivity index (χ0) is 22.2. The van der Waals surface area contributed by atoms with Gasteiger partial charge in [0.05, 0.1) is 23.3 Å². The van der Waals surface area contributed by atoms with E-state index in [4.69, 9.17) is 5.41 Å². The number of hydrogen-bond donors (Lipinski definition) is 3. The summed E-state index contributed by atoms with van der Waals surface area (Å²) in [6, 6.07) is 15.3. The Morgan fingerprint density at radius 2 is 1.84 bits per heavy atom. The third kappa shape index (κ3) is 3.69. The van der Waals surface area contributed by atoms with Crippen LogP contribution in [0.3, 0.4) is 0 Å². The van der Waals surface area contributed by atoms with Gasteiger partial charge in [-0.2, -0.15) is 15.1 Å². The third-order valence-corrected chi connectivity index (χ3v) is 6.58. The molecular formula is C24H21BrN5O+. The fourth-order valence-electron chi connectivity index (χ4n) is 4.36. The summed E-state index contributed by atoms with van der Waals surface area (Å²) in [5.41, 5.74) is 0.939. The van der Waals surface area contributed by atoms with Crippen LogP contribution in [0.4, 0.5) is 0 Å². The fraction of sp³-hybridized carbons (Fsp3) is 0.292. The number of hydrogen-bond acceptors (Lipinski definition) is 5. The highest BCUT2D eigenvalue weighted by molar-refractivity contribution is 9.10. The van der Waals surface area contributed by atoms with Crippen LogP contribution in [0.5, 0.6) is 0 Å². The van der Waals surface area contributed by atoms with Gasteiger partial charge in [-0.1, -0.05) is 28.1 Å². The van der Waals surface area contributed by atoms with Crippen molar-refractivity contribution in [2.45, 2.75) is 37.5 Å². The maximum atomic E-state index is 12.0. The molecule has 1 aliphatic heterocycles. The molecule has 0 spiro atoms. The number of aliphatic hydroxyl groups is 1. The number of nitrogens with one attached hydrogen (secondary N) is 2. The van der Waals surface area contributed by atoms with Crippen molar-refractivity contribution in [3.8, 4) is 12.1 Å². The summed E-state index contributed by atoms with van der Waals surface area (Å²) in [5.74, 6) is 1.57. The Balaban J connectivity index is 2.03. The van der Waals surface area contributed by atoms with Gasteiger partial charge in [-0.3, -0.25) is 5.41 Å². The second kappa shape index (κ2) is 8.13. The lowest BCUT2D eigenvalue weighted by Crippen LogP contribution is -2.66. The quantitative estimate of drug-likeness (QED) is 0.357. The van der Waals surface area contributed by atoms with Gasteiger partial charge in [0, 0.05) is 22.5 Å². The standard InChI is InChI=1S/C24H21BrN5O/c1-15-8-10-30(11-9-15)23-21(16-2-6-19(25)7-3-16)20(14-28)22(17(12-26)13-27)29-24(23,31)18-4-5-18/h2-3,6-11,18,21,23,26,29,31H,4-5H2,1H3/q+1/t21-,23+,24+/m0/s1. The molecule has 1 aromatic carbocycles. The molecule has 2 aromatic rings. The topological polar surface area (TPSA) is 108 Å². The lowest BCUT2D eigenvalue weighted by Gasteiger charge is -2.43. The van der Waals surface area contributed by atoms with Crippen molar-refractivity contribution in [1.29, 1.82) is 15.9 Å². The molecule has 7 heteroatoms. The van der Waals surface area contributed by atoms with Crippen LogP contribution in [-0.2, 0) is 0 Å². The summed E-state index contributed by atoms with van der Waals surface area (Å²) in [6.45, 7) is 2.00. The van der Waals surface area contributed by atoms with Crippen LogP contribution < -0.4 is 9.88 Å². The number of nitriles is 2. The van der Waals surface area contributed by atoms with Crippen LogP contribution >= 0.6 is 15.9 Å². The smallest absolute Gasteiger partial charge is 0.216 e. The van der Waals surface area contributed by atoms with Crippen molar-refractivity contribution in [3.05, 3.63) is 81.2 Å². The molecule has 1 saturated carbocycles. The van der Waals surface area contributed by atoms with E-state index in [9.17, 15) is 15.6 Å². The van der Waals surface area contributed by atoms with E-state index < -0.39 is 17.7 Å². The van der Waals surface area contributed by atoms with Gasteiger partial charge in [-0.05, 0) is 48.9 Å². The van der Waals surface area contributed by atoms with E-state index in [0.717, 1.165) is 28.4 Å². The summed E-state index contributed by atoms with van der Waals surface area (Å²) in [6.07, 6.45) is 5.51. The maximum absolute atomic E-state index is 12.0. The van der Waals surface area contributed by atoms with Gasteiger partial charge in [0.15, 0.2) is 12.4 Å². The molecular weight excluding hydrogens is 454 g/mol. The van der Waals surface area contributed by atoms with E-state index >= 15 is 0 Å². The number of pyridine rings is 1. The normalized spacial score (nSPS) is 25.1. The predicted molar refractivity (Wildman–Crippen MR) is 118 cm³/mol. The Bertz CT molecular complexity index is 1180. The van der Waals surface area contributed by atoms with Crippen molar-refractivity contribution in [3.63, 3.8) is 0 Å². The summed E-state index contributed by atoms with van der Waals surface area (Å²) >= 11 is 3.46. The number of rotatable bonds is 4. The van der Waals surface area contributed by atoms with Gasteiger partial charge in [0.2, 0.25) is 11.8 Å². The molecule has 0 radical (unpaired) electrons. The van der Waals surface area contributed by atoms with E-state index in [1.807, 2.05) is 66.4 Å². The molecule has 154 valence electrons. The molecule has 0 bridgehead atoms. The highest BCUT2D eigenvalue weighted by Crippen LogP contribution is 2.52. The van der Waals surface area contributed by atoms with Gasteiger partial charge in [-0.25, -0.2) is 0 Å². The molecule has 1 aromatic heterocycles. The first kappa shape index (κ1) is 21.0. The van der Waals surface area contributed by atoms with Crippen LogP contribution in [0.15, 0.2) is 70.1 Å². The Hall–Kier alpha value is -3.22. The zero-order valence-corrected chi connectivity index (χ0v) is 18.5. The van der Waals surface area contributed by atoms with Crippen molar-refractivity contribution in [1.82, 2.24) is 5.32 Å². The SMILES string of the molecule is Cc1cc[n+]([C@@H]2[C@@H](c3ccc(Br)cc3)C(C#N)=C(C(=C=N)C#N)N[C@@]2(O)C2CC2)cc1. The molecule has 6 nitrogen and oxygen atoms in total. The highest BCUT2D eigenvalue weighted by atomic mass is 79.9. The molecule has 4 rings (SSSR count). The lowest BCUT2D eigenvalue weighted by molar-refractivity contribution is -0.742. The first-order valence-electron chi connectivity index (χ1n) is 10.0. The molecule has 1 aliphatic carbocycles. The molecule has 3 N–H and O–H groups in total. The minimum atomic E-state index is -1.40. The van der Waals surface area contributed by atoms with Crippen LogP contribution in [0, 0.1) is 40.9 Å². The van der Waals surface area contributed by atoms with Gasteiger partial charge in [0.1, 0.15) is 11.6 Å². The highest BCUT2D eigenvalue weighted by Gasteiger charge is 2.61. The Labute approximate surface area is 189 Å². The zero-order valence-electron chi connectivity index (χ0n) is 16.9. The summed E-state index contributed by atoms with van der Waals surface area (Å²) in [4.78, 5) is 0. The van der Waals surface area contributed by atoms with Gasteiger partial charge in [-0.15, -0.1) is 0 Å². The Morgan fingerprint density at radius 3 is 2.35 bits per heavy atom. The minimum Gasteiger partial charge on any atom is -0.365 e. The van der Waals surface area contributed by atoms with Crippen LogP contribution in [-0.4, -0.2) is 16.7 Å². The average molecular weight is 475 g/mol. The van der Waals surface area contributed by atoms with E-state index in [0.29, 0.717) is 5.57 Å². The van der Waals surface area contributed by atoms with Gasteiger partial charge < -0.3 is 10.4 Å². The first-order valence-corrected chi connectivity index (χ1v) is 10.8. The largest absolute Gasteiger partial charge is 0.365 e. The molecule has 1 fully saturated rings. The van der Waals surface area contributed by atoms with Crippen LogP contribution in [0.1, 0.15) is 35.9 Å². The van der Waals surface area contributed by atoms with E-state index in [1.54, 1.807) is 0 Å². The van der Waals surface area contributed by atoms with Crippen molar-refractivity contribution < 1.29 is 9.67 Å². The second-order valence-corrected chi connectivity index (χ2v) is 8.95. The lowest BCUT2D eigenvalue weighted by atomic mass is 9.74. The Kier molecular flexibility index (Phi) is 5.52. The molecule has 2 aliphatic rings. The molecule has 0 amide bonds. The van der Waals surface area contributed by atoms with Crippen LogP contribution in [0.2, 0.25) is 0 Å². The molecule has 2 heterocycles. The number of benzene rings is 1. The average Bonchev–Trinajstić information content (AvgIpc) is 3.62. The fourth-order valence-corrected chi connectivity index (χ4v) is 4.63. The number of nitrogens with zero attached hydrogens (tertiary/aromatic N) is 3. The monoisotopic (exact) mass is 474 g/mol. The number of aromatic nitrogens is 1. The van der Waals surface area contributed by atoms with Crippen molar-refractivity contribution in [2.75, 3.05) is 0 Å². The summed E-state index contributed by atoms with van der Waals surface area (Å²) in [5, 5.41) is 42.4. The minimum absolute atomic E-state index is 0.0369. The van der Waals surface area contributed by atoms with Gasteiger partial charge >= 0.3 is 0 Å². The van der Waals surface area contributed by atoms with Gasteiger partial charge in [0.25, 0.3) is 0 Å². The maximum Gasteiger partial charge on any atom is 0.216 e. The molecule has 0 unspecified atom stereocenters. The third-order valence-electron chi connectivity index (χ3n) is 6.05. The van der Waals surface area contributed by atoms with E-state index in [-0.39, 0.29) is 17.2 Å². The predicted octanol–water partition coefficient (Wildman–Crippen LogP) is 3.55. The summed E-state index contributed by atoms with van der Waals surface area (Å²) in [7, 11) is 0. The molecule has 0 saturated heterocycles.